The van der Waals surface area contributed by atoms with Crippen molar-refractivity contribution in [2.75, 3.05) is 5.32 Å². The normalized spacial score (nSPS) is 10.1. The van der Waals surface area contributed by atoms with Gasteiger partial charge in [0.15, 0.2) is 0 Å². The van der Waals surface area contributed by atoms with Gasteiger partial charge in [-0.05, 0) is 29.8 Å². The summed E-state index contributed by atoms with van der Waals surface area (Å²) in [7, 11) is 0. The number of nitrogens with one attached hydrogen (secondary N) is 1. The summed E-state index contributed by atoms with van der Waals surface area (Å²) in [6.45, 7) is 0.421. The van der Waals surface area contributed by atoms with Gasteiger partial charge in [-0.3, -0.25) is 10.1 Å². The molecule has 6 nitrogen and oxygen atoms in total. The van der Waals surface area contributed by atoms with Crippen molar-refractivity contribution in [2.24, 2.45) is 0 Å². The highest BCUT2D eigenvalue weighted by Crippen LogP contribution is 2.24. The summed E-state index contributed by atoms with van der Waals surface area (Å²) in [4.78, 5) is 21.1. The molecule has 2 N–H and O–H groups in total. The number of halogens is 1. The molecule has 0 aromatic heterocycles. The van der Waals surface area contributed by atoms with Crippen molar-refractivity contribution in [1.29, 1.82) is 0 Å². The lowest BCUT2D eigenvalue weighted by molar-refractivity contribution is -0.385. The van der Waals surface area contributed by atoms with E-state index in [1.807, 2.05) is 6.07 Å². The Morgan fingerprint density at radius 2 is 2.05 bits per heavy atom. The molecule has 0 atom stereocenters. The standard InChI is InChI=1S/C14H11ClN2O4/c15-10-3-1-2-9(6-10)8-16-11-4-5-12(14(18)19)13(7-11)17(20)21/h1-7,16H,8H2,(H,18,19). The maximum atomic E-state index is 10.9. The van der Waals surface area contributed by atoms with Crippen LogP contribution in [-0.2, 0) is 6.54 Å². The molecule has 0 aliphatic rings. The Morgan fingerprint density at radius 1 is 1.29 bits per heavy atom. The van der Waals surface area contributed by atoms with Crippen LogP contribution in [0, 0.1) is 10.1 Å². The molecule has 2 aromatic carbocycles. The second-order valence-corrected chi connectivity index (χ2v) is 4.71. The molecule has 0 radical (unpaired) electrons. The zero-order valence-electron chi connectivity index (χ0n) is 10.7. The summed E-state index contributed by atoms with van der Waals surface area (Å²) in [5.74, 6) is -1.33. The number of rotatable bonds is 5. The smallest absolute Gasteiger partial charge is 0.342 e. The van der Waals surface area contributed by atoms with Crippen LogP contribution in [0.1, 0.15) is 15.9 Å². The van der Waals surface area contributed by atoms with Crippen LogP contribution in [0.5, 0.6) is 0 Å². The molecule has 0 aliphatic carbocycles. The lowest BCUT2D eigenvalue weighted by Gasteiger charge is -2.07. The van der Waals surface area contributed by atoms with Crippen molar-refractivity contribution in [3.8, 4) is 0 Å². The van der Waals surface area contributed by atoms with Gasteiger partial charge in [-0.25, -0.2) is 4.79 Å². The summed E-state index contributed by atoms with van der Waals surface area (Å²) < 4.78 is 0. The highest BCUT2D eigenvalue weighted by Gasteiger charge is 2.19. The van der Waals surface area contributed by atoms with Crippen LogP contribution < -0.4 is 5.32 Å². The lowest BCUT2D eigenvalue weighted by atomic mass is 10.1. The predicted octanol–water partition coefficient (Wildman–Crippen LogP) is 3.56. The van der Waals surface area contributed by atoms with Crippen LogP contribution in [-0.4, -0.2) is 16.0 Å². The number of nitro groups is 1. The minimum Gasteiger partial charge on any atom is -0.477 e. The van der Waals surface area contributed by atoms with Crippen molar-refractivity contribution < 1.29 is 14.8 Å². The topological polar surface area (TPSA) is 92.5 Å². The minimum absolute atomic E-state index is 0.340. The second-order valence-electron chi connectivity index (χ2n) is 4.28. The molecule has 0 fully saturated rings. The van der Waals surface area contributed by atoms with E-state index in [1.54, 1.807) is 18.2 Å². The first-order valence-electron chi connectivity index (χ1n) is 5.97. The molecule has 7 heteroatoms. The first kappa shape index (κ1) is 14.8. The molecule has 0 saturated heterocycles. The van der Waals surface area contributed by atoms with E-state index in [-0.39, 0.29) is 5.56 Å². The fraction of sp³-hybridized carbons (Fsp3) is 0.0714. The summed E-state index contributed by atoms with van der Waals surface area (Å²) in [5.41, 5.74) is 0.589. The zero-order chi connectivity index (χ0) is 15.4. The fourth-order valence-corrected chi connectivity index (χ4v) is 2.04. The molecule has 0 saturated carbocycles. The number of carboxylic acids is 1. The zero-order valence-corrected chi connectivity index (χ0v) is 11.5. The molecule has 0 amide bonds. The number of hydrogen-bond donors (Lipinski definition) is 2. The van der Waals surface area contributed by atoms with Crippen LogP contribution in [0.2, 0.25) is 5.02 Å². The van der Waals surface area contributed by atoms with Crippen LogP contribution in [0.15, 0.2) is 42.5 Å². The van der Waals surface area contributed by atoms with Crippen molar-refractivity contribution >= 4 is 28.9 Å². The third-order valence-corrected chi connectivity index (χ3v) is 3.05. The van der Waals surface area contributed by atoms with Gasteiger partial charge in [-0.2, -0.15) is 0 Å². The Kier molecular flexibility index (Phi) is 4.39. The summed E-state index contributed by atoms with van der Waals surface area (Å²) >= 11 is 5.87. The largest absolute Gasteiger partial charge is 0.477 e. The van der Waals surface area contributed by atoms with Gasteiger partial charge in [0.2, 0.25) is 0 Å². The van der Waals surface area contributed by atoms with Gasteiger partial charge >= 0.3 is 5.97 Å². The summed E-state index contributed by atoms with van der Waals surface area (Å²) in [6.07, 6.45) is 0. The number of nitro benzene ring substituents is 1. The van der Waals surface area contributed by atoms with E-state index < -0.39 is 16.6 Å². The Balaban J connectivity index is 2.19. The molecule has 0 heterocycles. The van der Waals surface area contributed by atoms with Crippen molar-refractivity contribution in [3.63, 3.8) is 0 Å². The SMILES string of the molecule is O=C(O)c1ccc(NCc2cccc(Cl)c2)cc1[N+](=O)[O-]. The van der Waals surface area contributed by atoms with Crippen LogP contribution in [0.25, 0.3) is 0 Å². The molecule has 2 aromatic rings. The second kappa shape index (κ2) is 6.23. The summed E-state index contributed by atoms with van der Waals surface area (Å²) in [6, 6.07) is 11.1. The van der Waals surface area contributed by atoms with Gasteiger partial charge in [0, 0.05) is 23.3 Å². The van der Waals surface area contributed by atoms with Crippen LogP contribution in [0.3, 0.4) is 0 Å². The maximum absolute atomic E-state index is 10.9. The maximum Gasteiger partial charge on any atom is 0.342 e. The van der Waals surface area contributed by atoms with Crippen molar-refractivity contribution in [1.82, 2.24) is 0 Å². The highest BCUT2D eigenvalue weighted by atomic mass is 35.5. The number of anilines is 1. The van der Waals surface area contributed by atoms with Crippen LogP contribution >= 0.6 is 11.6 Å². The molecular weight excluding hydrogens is 296 g/mol. The van der Waals surface area contributed by atoms with E-state index >= 15 is 0 Å². The van der Waals surface area contributed by atoms with E-state index in [0.717, 1.165) is 5.56 Å². The molecule has 0 bridgehead atoms. The molecule has 0 aliphatic heterocycles. The van der Waals surface area contributed by atoms with Gasteiger partial charge in [0.1, 0.15) is 5.56 Å². The Bertz CT molecular complexity index is 703. The molecule has 2 rings (SSSR count). The highest BCUT2D eigenvalue weighted by molar-refractivity contribution is 6.30. The van der Waals surface area contributed by atoms with Gasteiger partial charge in [-0.1, -0.05) is 23.7 Å². The van der Waals surface area contributed by atoms with E-state index in [9.17, 15) is 14.9 Å². The fourth-order valence-electron chi connectivity index (χ4n) is 1.82. The van der Waals surface area contributed by atoms with Gasteiger partial charge in [0.05, 0.1) is 4.92 Å². The average Bonchev–Trinajstić information content (AvgIpc) is 2.44. The molecule has 0 spiro atoms. The van der Waals surface area contributed by atoms with E-state index in [4.69, 9.17) is 16.7 Å². The number of nitrogens with zero attached hydrogens (tertiary/aromatic N) is 1. The first-order valence-corrected chi connectivity index (χ1v) is 6.35. The first-order chi connectivity index (χ1) is 9.97. The lowest BCUT2D eigenvalue weighted by Crippen LogP contribution is -2.05. The molecule has 21 heavy (non-hydrogen) atoms. The third-order valence-electron chi connectivity index (χ3n) is 2.81. The van der Waals surface area contributed by atoms with Gasteiger partial charge in [0.25, 0.3) is 5.69 Å². The minimum atomic E-state index is -1.33. The third kappa shape index (κ3) is 3.70. The summed E-state index contributed by atoms with van der Waals surface area (Å²) in [5, 5.41) is 23.4. The number of benzene rings is 2. The quantitative estimate of drug-likeness (QED) is 0.651. The Hall–Kier alpha value is -2.60. The molecular formula is C14H11ClN2O4. The predicted molar refractivity (Wildman–Crippen MR) is 78.8 cm³/mol. The van der Waals surface area contributed by atoms with Gasteiger partial charge in [-0.15, -0.1) is 0 Å². The van der Waals surface area contributed by atoms with Crippen molar-refractivity contribution in [3.05, 3.63) is 68.7 Å². The molecule has 0 unspecified atom stereocenters. The van der Waals surface area contributed by atoms with E-state index in [0.29, 0.717) is 17.3 Å². The van der Waals surface area contributed by atoms with Gasteiger partial charge < -0.3 is 10.4 Å². The number of carbonyl (C=O) groups is 1. The van der Waals surface area contributed by atoms with E-state index in [2.05, 4.69) is 5.32 Å². The van der Waals surface area contributed by atoms with Crippen LogP contribution in [0.4, 0.5) is 11.4 Å². The number of aromatic carboxylic acids is 1. The van der Waals surface area contributed by atoms with Crippen molar-refractivity contribution in [2.45, 2.75) is 6.54 Å². The number of hydrogen-bond acceptors (Lipinski definition) is 4. The Labute approximate surface area is 125 Å². The van der Waals surface area contributed by atoms with E-state index in [1.165, 1.54) is 18.2 Å². The Morgan fingerprint density at radius 3 is 2.67 bits per heavy atom. The molecule has 108 valence electrons. The average molecular weight is 307 g/mol. The number of carboxylic acid groups (broad SMARTS) is 1. The monoisotopic (exact) mass is 306 g/mol.